The molecule has 0 aliphatic heterocycles. The van der Waals surface area contributed by atoms with Crippen LogP contribution in [-0.4, -0.2) is 24.2 Å². The molecule has 4 heteroatoms. The van der Waals surface area contributed by atoms with Crippen LogP contribution in [0.2, 0.25) is 5.02 Å². The van der Waals surface area contributed by atoms with Crippen LogP contribution in [-0.2, 0) is 4.79 Å². The first-order valence-corrected chi connectivity index (χ1v) is 5.74. The maximum absolute atomic E-state index is 11.6. The Bertz CT molecular complexity index is 377. The molecule has 1 fully saturated rings. The van der Waals surface area contributed by atoms with Crippen molar-refractivity contribution < 1.29 is 9.90 Å². The number of halogens is 1. The SMILES string of the molecule is O=C(NCCO)C1CC1c1ccc(Cl)cc1. The van der Waals surface area contributed by atoms with Crippen molar-refractivity contribution in [1.82, 2.24) is 5.32 Å². The van der Waals surface area contributed by atoms with Crippen LogP contribution >= 0.6 is 11.6 Å². The summed E-state index contributed by atoms with van der Waals surface area (Å²) < 4.78 is 0. The summed E-state index contributed by atoms with van der Waals surface area (Å²) in [7, 11) is 0. The molecule has 3 nitrogen and oxygen atoms in total. The molecule has 0 aromatic heterocycles. The molecule has 0 bridgehead atoms. The molecule has 0 spiro atoms. The second-order valence-corrected chi connectivity index (χ2v) is 4.45. The maximum atomic E-state index is 11.6. The van der Waals surface area contributed by atoms with Crippen LogP contribution in [0, 0.1) is 5.92 Å². The van der Waals surface area contributed by atoms with Crippen molar-refractivity contribution in [2.75, 3.05) is 13.2 Å². The van der Waals surface area contributed by atoms with Gasteiger partial charge in [0.05, 0.1) is 6.61 Å². The summed E-state index contributed by atoms with van der Waals surface area (Å²) in [4.78, 5) is 11.6. The highest BCUT2D eigenvalue weighted by atomic mass is 35.5. The molecule has 1 aromatic rings. The molecule has 86 valence electrons. The summed E-state index contributed by atoms with van der Waals surface area (Å²) in [5.74, 6) is 0.415. The molecule has 2 N–H and O–H groups in total. The predicted octanol–water partition coefficient (Wildman–Crippen LogP) is 1.55. The van der Waals surface area contributed by atoms with E-state index in [-0.39, 0.29) is 18.4 Å². The van der Waals surface area contributed by atoms with E-state index in [0.717, 1.165) is 12.0 Å². The Morgan fingerprint density at radius 2 is 2.12 bits per heavy atom. The molecule has 1 saturated carbocycles. The van der Waals surface area contributed by atoms with Crippen LogP contribution in [0.5, 0.6) is 0 Å². The van der Waals surface area contributed by atoms with Crippen LogP contribution in [0.25, 0.3) is 0 Å². The Labute approximate surface area is 99.4 Å². The lowest BCUT2D eigenvalue weighted by Gasteiger charge is -2.02. The summed E-state index contributed by atoms with van der Waals surface area (Å²) in [6.45, 7) is 0.326. The van der Waals surface area contributed by atoms with E-state index in [1.807, 2.05) is 24.3 Å². The molecule has 2 unspecified atom stereocenters. The lowest BCUT2D eigenvalue weighted by molar-refractivity contribution is -0.122. The van der Waals surface area contributed by atoms with Crippen molar-refractivity contribution in [3.8, 4) is 0 Å². The Balaban J connectivity index is 1.91. The summed E-state index contributed by atoms with van der Waals surface area (Å²) in [6, 6.07) is 7.62. The summed E-state index contributed by atoms with van der Waals surface area (Å²) in [5.41, 5.74) is 1.16. The van der Waals surface area contributed by atoms with Gasteiger partial charge in [-0.15, -0.1) is 0 Å². The minimum Gasteiger partial charge on any atom is -0.395 e. The molecule has 1 aliphatic rings. The predicted molar refractivity (Wildman–Crippen MR) is 62.4 cm³/mol. The van der Waals surface area contributed by atoms with Crippen molar-refractivity contribution in [2.24, 2.45) is 5.92 Å². The zero-order chi connectivity index (χ0) is 11.5. The first-order chi connectivity index (χ1) is 7.72. The van der Waals surface area contributed by atoms with E-state index in [1.165, 1.54) is 0 Å². The van der Waals surface area contributed by atoms with E-state index >= 15 is 0 Å². The van der Waals surface area contributed by atoms with Crippen molar-refractivity contribution in [1.29, 1.82) is 0 Å². The van der Waals surface area contributed by atoms with Crippen molar-refractivity contribution in [3.63, 3.8) is 0 Å². The second-order valence-electron chi connectivity index (χ2n) is 4.01. The smallest absolute Gasteiger partial charge is 0.223 e. The zero-order valence-corrected chi connectivity index (χ0v) is 9.57. The van der Waals surface area contributed by atoms with Crippen LogP contribution < -0.4 is 5.32 Å². The Kier molecular flexibility index (Phi) is 3.46. The van der Waals surface area contributed by atoms with Gasteiger partial charge in [-0.25, -0.2) is 0 Å². The Morgan fingerprint density at radius 3 is 2.75 bits per heavy atom. The average molecular weight is 240 g/mol. The number of benzene rings is 1. The molecule has 1 aliphatic carbocycles. The van der Waals surface area contributed by atoms with Gasteiger partial charge in [0.25, 0.3) is 0 Å². The minimum absolute atomic E-state index is 0.00985. The number of carbonyl (C=O) groups excluding carboxylic acids is 1. The van der Waals surface area contributed by atoms with E-state index in [1.54, 1.807) is 0 Å². The number of rotatable bonds is 4. The molecule has 2 rings (SSSR count). The van der Waals surface area contributed by atoms with Crippen molar-refractivity contribution in [2.45, 2.75) is 12.3 Å². The van der Waals surface area contributed by atoms with Gasteiger partial charge in [-0.2, -0.15) is 0 Å². The molecule has 2 atom stereocenters. The molecule has 0 radical (unpaired) electrons. The highest BCUT2D eigenvalue weighted by Crippen LogP contribution is 2.47. The average Bonchev–Trinajstić information content (AvgIpc) is 3.07. The summed E-state index contributed by atoms with van der Waals surface area (Å²) in [6.07, 6.45) is 0.888. The number of aliphatic hydroxyl groups excluding tert-OH is 1. The first-order valence-electron chi connectivity index (χ1n) is 5.36. The lowest BCUT2D eigenvalue weighted by atomic mass is 10.1. The van der Waals surface area contributed by atoms with Gasteiger partial charge in [-0.05, 0) is 30.0 Å². The number of hydrogen-bond donors (Lipinski definition) is 2. The number of carbonyl (C=O) groups is 1. The highest BCUT2D eigenvalue weighted by molar-refractivity contribution is 6.30. The quantitative estimate of drug-likeness (QED) is 0.838. The number of nitrogens with one attached hydrogen (secondary N) is 1. The minimum atomic E-state index is -0.00985. The van der Waals surface area contributed by atoms with Crippen molar-refractivity contribution >= 4 is 17.5 Å². The van der Waals surface area contributed by atoms with Gasteiger partial charge in [0.1, 0.15) is 0 Å². The second kappa shape index (κ2) is 4.85. The zero-order valence-electron chi connectivity index (χ0n) is 8.82. The van der Waals surface area contributed by atoms with E-state index in [9.17, 15) is 4.79 Å². The van der Waals surface area contributed by atoms with Gasteiger partial charge in [0, 0.05) is 17.5 Å². The standard InChI is InChI=1S/C12H14ClNO2/c13-9-3-1-8(2-4-9)10-7-11(10)12(16)14-5-6-15/h1-4,10-11,15H,5-7H2,(H,14,16). The third-order valence-electron chi connectivity index (χ3n) is 2.84. The number of amides is 1. The van der Waals surface area contributed by atoms with E-state index < -0.39 is 0 Å². The van der Waals surface area contributed by atoms with Crippen molar-refractivity contribution in [3.05, 3.63) is 34.9 Å². The molecular formula is C12H14ClNO2. The fraction of sp³-hybridized carbons (Fsp3) is 0.417. The van der Waals surface area contributed by atoms with Gasteiger partial charge in [-0.1, -0.05) is 23.7 Å². The lowest BCUT2D eigenvalue weighted by Crippen LogP contribution is -2.28. The van der Waals surface area contributed by atoms with Gasteiger partial charge in [0.2, 0.25) is 5.91 Å². The monoisotopic (exact) mass is 239 g/mol. The normalized spacial score (nSPS) is 22.9. The van der Waals surface area contributed by atoms with Gasteiger partial charge in [0.15, 0.2) is 0 Å². The van der Waals surface area contributed by atoms with Gasteiger partial charge in [-0.3, -0.25) is 4.79 Å². The number of aliphatic hydroxyl groups is 1. The molecular weight excluding hydrogens is 226 g/mol. The fourth-order valence-electron chi connectivity index (χ4n) is 1.87. The largest absolute Gasteiger partial charge is 0.395 e. The topological polar surface area (TPSA) is 49.3 Å². The maximum Gasteiger partial charge on any atom is 0.223 e. The fourth-order valence-corrected chi connectivity index (χ4v) is 2.00. The van der Waals surface area contributed by atoms with Crippen LogP contribution in [0.3, 0.4) is 0 Å². The molecule has 0 saturated heterocycles. The molecule has 1 aromatic carbocycles. The molecule has 0 heterocycles. The van der Waals surface area contributed by atoms with Crippen LogP contribution in [0.4, 0.5) is 0 Å². The van der Waals surface area contributed by atoms with Crippen LogP contribution in [0.1, 0.15) is 17.9 Å². The van der Waals surface area contributed by atoms with Crippen LogP contribution in [0.15, 0.2) is 24.3 Å². The van der Waals surface area contributed by atoms with E-state index in [2.05, 4.69) is 5.32 Å². The summed E-state index contributed by atoms with van der Waals surface area (Å²) >= 11 is 5.80. The van der Waals surface area contributed by atoms with Gasteiger partial charge >= 0.3 is 0 Å². The number of hydrogen-bond acceptors (Lipinski definition) is 2. The molecule has 16 heavy (non-hydrogen) atoms. The van der Waals surface area contributed by atoms with E-state index in [4.69, 9.17) is 16.7 Å². The van der Waals surface area contributed by atoms with Gasteiger partial charge < -0.3 is 10.4 Å². The Morgan fingerprint density at radius 1 is 1.44 bits per heavy atom. The third-order valence-corrected chi connectivity index (χ3v) is 3.09. The first kappa shape index (κ1) is 11.4. The Hall–Kier alpha value is -1.06. The third kappa shape index (κ3) is 2.54. The highest BCUT2D eigenvalue weighted by Gasteiger charge is 2.43. The summed E-state index contributed by atoms with van der Waals surface area (Å²) in [5, 5.41) is 12.0. The molecule has 1 amide bonds. The van der Waals surface area contributed by atoms with E-state index in [0.29, 0.717) is 17.5 Å².